The molecule has 0 aromatic carbocycles. The largest absolute Gasteiger partial charge is 0.383 e. The molecule has 0 saturated heterocycles. The van der Waals surface area contributed by atoms with E-state index in [2.05, 4.69) is 32.6 Å². The molecule has 0 aliphatic heterocycles. The van der Waals surface area contributed by atoms with Crippen molar-refractivity contribution in [3.05, 3.63) is 0 Å². The molecule has 1 aliphatic rings. The van der Waals surface area contributed by atoms with E-state index in [1.165, 1.54) is 19.3 Å². The molecule has 0 aromatic heterocycles. The second-order valence-corrected chi connectivity index (χ2v) is 6.06. The monoisotopic (exact) mass is 256 g/mol. The van der Waals surface area contributed by atoms with Crippen LogP contribution in [0.1, 0.15) is 47.0 Å². The highest BCUT2D eigenvalue weighted by Gasteiger charge is 2.45. The van der Waals surface area contributed by atoms with Gasteiger partial charge in [0.25, 0.3) is 0 Å². The van der Waals surface area contributed by atoms with Gasteiger partial charge in [-0.15, -0.1) is 0 Å². The van der Waals surface area contributed by atoms with E-state index in [9.17, 15) is 0 Å². The van der Waals surface area contributed by atoms with Crippen LogP contribution in [0.5, 0.6) is 0 Å². The maximum absolute atomic E-state index is 6.22. The normalized spacial score (nSPS) is 34.8. The van der Waals surface area contributed by atoms with Crippen LogP contribution in [0.4, 0.5) is 0 Å². The van der Waals surface area contributed by atoms with Crippen LogP contribution in [0, 0.1) is 11.8 Å². The lowest BCUT2D eigenvalue weighted by Crippen LogP contribution is -2.63. The van der Waals surface area contributed by atoms with E-state index < -0.39 is 0 Å². The molecule has 0 aromatic rings. The van der Waals surface area contributed by atoms with Crippen LogP contribution in [-0.2, 0) is 4.74 Å². The summed E-state index contributed by atoms with van der Waals surface area (Å²) in [6, 6.07) is 0.441. The van der Waals surface area contributed by atoms with Gasteiger partial charge in [-0.3, -0.25) is 4.90 Å². The average molecular weight is 256 g/mol. The topological polar surface area (TPSA) is 38.5 Å². The summed E-state index contributed by atoms with van der Waals surface area (Å²) < 4.78 is 5.35. The standard InChI is InChI=1S/C15H32N2O/c1-6-17(13(3)10-18-5)15(11-16)9-7-8-12(2)14(15)4/h12-14H,6-11,16H2,1-5H3. The fourth-order valence-electron chi connectivity index (χ4n) is 3.94. The van der Waals surface area contributed by atoms with Crippen molar-refractivity contribution >= 4 is 0 Å². The van der Waals surface area contributed by atoms with Gasteiger partial charge in [-0.1, -0.05) is 33.6 Å². The van der Waals surface area contributed by atoms with Crippen LogP contribution >= 0.6 is 0 Å². The first-order chi connectivity index (χ1) is 8.53. The van der Waals surface area contributed by atoms with Crippen molar-refractivity contribution < 1.29 is 4.74 Å². The molecule has 1 rings (SSSR count). The number of nitrogens with zero attached hydrogens (tertiary/aromatic N) is 1. The van der Waals surface area contributed by atoms with E-state index >= 15 is 0 Å². The summed E-state index contributed by atoms with van der Waals surface area (Å²) in [7, 11) is 1.78. The molecule has 4 atom stereocenters. The second kappa shape index (κ2) is 6.88. The number of ether oxygens (including phenoxy) is 1. The molecule has 0 heterocycles. The molecule has 0 spiro atoms. The van der Waals surface area contributed by atoms with Gasteiger partial charge in [-0.2, -0.15) is 0 Å². The molecule has 18 heavy (non-hydrogen) atoms. The molecule has 1 saturated carbocycles. The zero-order valence-corrected chi connectivity index (χ0v) is 12.9. The van der Waals surface area contributed by atoms with Crippen molar-refractivity contribution in [2.75, 3.05) is 26.8 Å². The molecule has 108 valence electrons. The number of rotatable bonds is 6. The van der Waals surface area contributed by atoms with Crippen molar-refractivity contribution in [2.24, 2.45) is 17.6 Å². The summed E-state index contributed by atoms with van der Waals surface area (Å²) in [5.41, 5.74) is 6.39. The molecule has 2 N–H and O–H groups in total. The van der Waals surface area contributed by atoms with Gasteiger partial charge in [0, 0.05) is 25.2 Å². The van der Waals surface area contributed by atoms with Gasteiger partial charge >= 0.3 is 0 Å². The average Bonchev–Trinajstić information content (AvgIpc) is 2.35. The molecule has 0 amide bonds. The summed E-state index contributed by atoms with van der Waals surface area (Å²) >= 11 is 0. The van der Waals surface area contributed by atoms with E-state index in [-0.39, 0.29) is 5.54 Å². The fourth-order valence-corrected chi connectivity index (χ4v) is 3.94. The molecule has 0 radical (unpaired) electrons. The maximum atomic E-state index is 6.22. The summed E-state index contributed by atoms with van der Waals surface area (Å²) in [5.74, 6) is 1.43. The van der Waals surface area contributed by atoms with Gasteiger partial charge < -0.3 is 10.5 Å². The predicted molar refractivity (Wildman–Crippen MR) is 77.7 cm³/mol. The first-order valence-electron chi connectivity index (χ1n) is 7.49. The Balaban J connectivity index is 2.95. The molecule has 0 bridgehead atoms. The van der Waals surface area contributed by atoms with E-state index in [0.29, 0.717) is 12.0 Å². The van der Waals surface area contributed by atoms with E-state index in [0.717, 1.165) is 25.6 Å². The van der Waals surface area contributed by atoms with Crippen molar-refractivity contribution in [3.8, 4) is 0 Å². The van der Waals surface area contributed by atoms with Crippen molar-refractivity contribution in [3.63, 3.8) is 0 Å². The van der Waals surface area contributed by atoms with Crippen LogP contribution in [-0.4, -0.2) is 43.3 Å². The van der Waals surface area contributed by atoms with Gasteiger partial charge in [-0.05, 0) is 31.7 Å². The van der Waals surface area contributed by atoms with E-state index in [1.807, 2.05) is 0 Å². The third-order valence-electron chi connectivity index (χ3n) is 5.18. The first-order valence-corrected chi connectivity index (χ1v) is 7.49. The Morgan fingerprint density at radius 1 is 1.44 bits per heavy atom. The van der Waals surface area contributed by atoms with Gasteiger partial charge in [0.2, 0.25) is 0 Å². The molecule has 3 nitrogen and oxygen atoms in total. The lowest BCUT2D eigenvalue weighted by atomic mass is 9.67. The molecule has 4 unspecified atom stereocenters. The number of hydrogen-bond donors (Lipinski definition) is 1. The summed E-state index contributed by atoms with van der Waals surface area (Å²) in [5, 5.41) is 0. The molecular weight excluding hydrogens is 224 g/mol. The van der Waals surface area contributed by atoms with Crippen LogP contribution in [0.3, 0.4) is 0 Å². The van der Waals surface area contributed by atoms with Crippen LogP contribution in [0.2, 0.25) is 0 Å². The van der Waals surface area contributed by atoms with E-state index in [1.54, 1.807) is 7.11 Å². The Hall–Kier alpha value is -0.120. The molecular formula is C15H32N2O. The highest BCUT2D eigenvalue weighted by atomic mass is 16.5. The Bertz CT molecular complexity index is 247. The minimum absolute atomic E-state index is 0.171. The van der Waals surface area contributed by atoms with Crippen molar-refractivity contribution in [1.29, 1.82) is 0 Å². The highest BCUT2D eigenvalue weighted by Crippen LogP contribution is 2.41. The third-order valence-corrected chi connectivity index (χ3v) is 5.18. The maximum Gasteiger partial charge on any atom is 0.0615 e. The summed E-state index contributed by atoms with van der Waals surface area (Å²) in [6.07, 6.45) is 3.88. The Kier molecular flexibility index (Phi) is 6.09. The lowest BCUT2D eigenvalue weighted by Gasteiger charge is -2.54. The zero-order valence-electron chi connectivity index (χ0n) is 12.9. The van der Waals surface area contributed by atoms with Crippen LogP contribution in [0.15, 0.2) is 0 Å². The quantitative estimate of drug-likeness (QED) is 0.793. The lowest BCUT2D eigenvalue weighted by molar-refractivity contribution is -0.0474. The Morgan fingerprint density at radius 2 is 2.11 bits per heavy atom. The van der Waals surface area contributed by atoms with Crippen LogP contribution in [0.25, 0.3) is 0 Å². The van der Waals surface area contributed by atoms with Crippen LogP contribution < -0.4 is 5.73 Å². The Morgan fingerprint density at radius 3 is 2.61 bits per heavy atom. The SMILES string of the molecule is CCN(C(C)COC)C1(CN)CCCC(C)C1C. The number of hydrogen-bond acceptors (Lipinski definition) is 3. The van der Waals surface area contributed by atoms with Gasteiger partial charge in [-0.25, -0.2) is 0 Å². The number of nitrogens with two attached hydrogens (primary N) is 1. The first kappa shape index (κ1) is 15.9. The van der Waals surface area contributed by atoms with Crippen molar-refractivity contribution in [1.82, 2.24) is 4.90 Å². The fraction of sp³-hybridized carbons (Fsp3) is 1.00. The number of likely N-dealkylation sites (N-methyl/N-ethyl adjacent to an activating group) is 1. The van der Waals surface area contributed by atoms with Crippen molar-refractivity contribution in [2.45, 2.75) is 58.5 Å². The molecule has 1 aliphatic carbocycles. The third kappa shape index (κ3) is 2.89. The number of methoxy groups -OCH3 is 1. The van der Waals surface area contributed by atoms with Gasteiger partial charge in [0.1, 0.15) is 0 Å². The highest BCUT2D eigenvalue weighted by molar-refractivity contribution is 5.01. The van der Waals surface area contributed by atoms with Gasteiger partial charge in [0.15, 0.2) is 0 Å². The van der Waals surface area contributed by atoms with Gasteiger partial charge in [0.05, 0.1) is 6.61 Å². The van der Waals surface area contributed by atoms with E-state index in [4.69, 9.17) is 10.5 Å². The Labute approximate surface area is 113 Å². The molecule has 1 fully saturated rings. The molecule has 3 heteroatoms. The smallest absolute Gasteiger partial charge is 0.0615 e. The minimum Gasteiger partial charge on any atom is -0.383 e. The predicted octanol–water partition coefficient (Wildman–Crippen LogP) is 2.50. The summed E-state index contributed by atoms with van der Waals surface area (Å²) in [4.78, 5) is 2.59. The summed E-state index contributed by atoms with van der Waals surface area (Å²) in [6.45, 7) is 11.9. The second-order valence-electron chi connectivity index (χ2n) is 6.06. The minimum atomic E-state index is 0.171. The zero-order chi connectivity index (χ0) is 13.8.